The lowest BCUT2D eigenvalue weighted by molar-refractivity contribution is -0.119. The fourth-order valence-corrected chi connectivity index (χ4v) is 4.59. The molecule has 0 saturated carbocycles. The van der Waals surface area contributed by atoms with Crippen LogP contribution in [-0.2, 0) is 14.9 Å². The zero-order valence-corrected chi connectivity index (χ0v) is 21.9. The van der Waals surface area contributed by atoms with Crippen molar-refractivity contribution in [1.29, 1.82) is 0 Å². The fraction of sp³-hybridized carbons (Fsp3) is 0.321. The number of aromatic nitrogens is 3. The lowest BCUT2D eigenvalue weighted by atomic mass is 9.84. The van der Waals surface area contributed by atoms with E-state index in [1.807, 2.05) is 42.5 Å². The molecule has 8 nitrogen and oxygen atoms in total. The predicted molar refractivity (Wildman–Crippen MR) is 146 cm³/mol. The van der Waals surface area contributed by atoms with E-state index in [9.17, 15) is 4.79 Å². The van der Waals surface area contributed by atoms with E-state index in [0.29, 0.717) is 40.2 Å². The first-order valence-electron chi connectivity index (χ1n) is 12.3. The number of carbonyl (C=O) groups excluding carboxylic acids is 1. The molecule has 2 aromatic heterocycles. The number of morpholine rings is 1. The number of aromatic amines is 1. The quantitative estimate of drug-likeness (QED) is 0.343. The standard InChI is InChI=1S/C28H30ClN5O3/c1-18(35)30-17-28(2,3)20-6-10-22(11-7-20)37-27-31-24-16-23(29)25(32-26(24)33-27)19-4-8-21(9-5-19)34-12-14-36-15-13-34/h4-11,16H,12-15,17H2,1-3H3,(H,30,35)(H,31,32,33). The Hall–Kier alpha value is -3.62. The predicted octanol–water partition coefficient (Wildman–Crippen LogP) is 5.32. The van der Waals surface area contributed by atoms with E-state index >= 15 is 0 Å². The fourth-order valence-electron chi connectivity index (χ4n) is 4.33. The van der Waals surface area contributed by atoms with Crippen LogP contribution in [0, 0.1) is 0 Å². The van der Waals surface area contributed by atoms with Gasteiger partial charge in [0.15, 0.2) is 5.65 Å². The Kier molecular flexibility index (Phi) is 7.04. The summed E-state index contributed by atoms with van der Waals surface area (Å²) in [5.74, 6) is 0.600. The van der Waals surface area contributed by atoms with Crippen molar-refractivity contribution in [3.05, 3.63) is 65.2 Å². The highest BCUT2D eigenvalue weighted by Gasteiger charge is 2.21. The van der Waals surface area contributed by atoms with Gasteiger partial charge in [-0.2, -0.15) is 4.98 Å². The molecule has 192 valence electrons. The van der Waals surface area contributed by atoms with Crippen molar-refractivity contribution in [2.75, 3.05) is 37.7 Å². The summed E-state index contributed by atoms with van der Waals surface area (Å²) in [6.07, 6.45) is 0. The molecule has 1 aliphatic rings. The molecule has 0 radical (unpaired) electrons. The molecule has 1 fully saturated rings. The third-order valence-electron chi connectivity index (χ3n) is 6.55. The number of halogens is 1. The summed E-state index contributed by atoms with van der Waals surface area (Å²) in [5.41, 5.74) is 4.86. The first kappa shape index (κ1) is 25.0. The number of rotatable bonds is 7. The van der Waals surface area contributed by atoms with Crippen LogP contribution in [0.25, 0.3) is 22.4 Å². The van der Waals surface area contributed by atoms with Crippen molar-refractivity contribution in [2.45, 2.75) is 26.2 Å². The summed E-state index contributed by atoms with van der Waals surface area (Å²) in [6.45, 7) is 9.51. The average molecular weight is 520 g/mol. The van der Waals surface area contributed by atoms with Gasteiger partial charge in [0.1, 0.15) is 5.75 Å². The van der Waals surface area contributed by atoms with Crippen molar-refractivity contribution in [3.8, 4) is 23.0 Å². The van der Waals surface area contributed by atoms with Crippen LogP contribution >= 0.6 is 11.6 Å². The van der Waals surface area contributed by atoms with Crippen molar-refractivity contribution in [2.24, 2.45) is 0 Å². The summed E-state index contributed by atoms with van der Waals surface area (Å²) in [6, 6.07) is 18.2. The number of nitrogens with zero attached hydrogens (tertiary/aromatic N) is 3. The van der Waals surface area contributed by atoms with Crippen LogP contribution in [0.2, 0.25) is 5.02 Å². The van der Waals surface area contributed by atoms with Crippen LogP contribution in [0.5, 0.6) is 11.8 Å². The third kappa shape index (κ3) is 5.70. The smallest absolute Gasteiger partial charge is 0.301 e. The Morgan fingerprint density at radius 2 is 1.81 bits per heavy atom. The maximum absolute atomic E-state index is 11.3. The molecule has 1 aliphatic heterocycles. The van der Waals surface area contributed by atoms with Crippen LogP contribution in [-0.4, -0.2) is 53.7 Å². The van der Waals surface area contributed by atoms with Gasteiger partial charge in [0.05, 0.1) is 29.4 Å². The van der Waals surface area contributed by atoms with Gasteiger partial charge in [-0.15, -0.1) is 0 Å². The van der Waals surface area contributed by atoms with Gasteiger partial charge in [0.25, 0.3) is 0 Å². The van der Waals surface area contributed by atoms with E-state index in [1.54, 1.807) is 0 Å². The number of hydrogen-bond acceptors (Lipinski definition) is 6. The average Bonchev–Trinajstić information content (AvgIpc) is 3.29. The van der Waals surface area contributed by atoms with Gasteiger partial charge in [0.2, 0.25) is 5.91 Å². The first-order chi connectivity index (χ1) is 17.8. The Morgan fingerprint density at radius 1 is 1.11 bits per heavy atom. The molecule has 0 spiro atoms. The van der Waals surface area contributed by atoms with E-state index in [1.165, 1.54) is 6.92 Å². The molecule has 9 heteroatoms. The highest BCUT2D eigenvalue weighted by molar-refractivity contribution is 6.33. The molecule has 0 bridgehead atoms. The number of pyridine rings is 1. The molecule has 2 aromatic carbocycles. The van der Waals surface area contributed by atoms with Gasteiger partial charge in [-0.05, 0) is 35.9 Å². The number of amides is 1. The largest absolute Gasteiger partial charge is 0.426 e. The van der Waals surface area contributed by atoms with Crippen LogP contribution in [0.15, 0.2) is 54.6 Å². The van der Waals surface area contributed by atoms with Crippen molar-refractivity contribution in [1.82, 2.24) is 20.3 Å². The minimum Gasteiger partial charge on any atom is -0.426 e. The van der Waals surface area contributed by atoms with Gasteiger partial charge < -0.3 is 24.7 Å². The monoisotopic (exact) mass is 519 g/mol. The minimum atomic E-state index is -0.207. The number of benzene rings is 2. The van der Waals surface area contributed by atoms with Gasteiger partial charge in [-0.25, -0.2) is 4.98 Å². The SMILES string of the molecule is CC(=O)NCC(C)(C)c1ccc(Oc2nc3nc(-c4ccc(N5CCOCC5)cc4)c(Cl)cc3[nH]2)cc1. The summed E-state index contributed by atoms with van der Waals surface area (Å²) in [7, 11) is 0. The maximum Gasteiger partial charge on any atom is 0.301 e. The molecule has 5 rings (SSSR count). The number of imidazole rings is 1. The van der Waals surface area contributed by atoms with Gasteiger partial charge >= 0.3 is 6.01 Å². The number of anilines is 1. The number of ether oxygens (including phenoxy) is 2. The van der Waals surface area contributed by atoms with Gasteiger partial charge in [0, 0.05) is 43.2 Å². The van der Waals surface area contributed by atoms with Crippen molar-refractivity contribution >= 4 is 34.4 Å². The van der Waals surface area contributed by atoms with Crippen molar-refractivity contribution in [3.63, 3.8) is 0 Å². The number of hydrogen-bond donors (Lipinski definition) is 2. The lowest BCUT2D eigenvalue weighted by Gasteiger charge is -2.28. The lowest BCUT2D eigenvalue weighted by Crippen LogP contribution is -2.36. The summed E-state index contributed by atoms with van der Waals surface area (Å²) in [5, 5.41) is 3.42. The van der Waals surface area contributed by atoms with Crippen LogP contribution in [0.3, 0.4) is 0 Å². The molecule has 2 N–H and O–H groups in total. The second kappa shape index (κ2) is 10.4. The molecule has 0 unspecified atom stereocenters. The zero-order valence-electron chi connectivity index (χ0n) is 21.2. The van der Waals surface area contributed by atoms with E-state index in [-0.39, 0.29) is 11.3 Å². The second-order valence-corrected chi connectivity index (χ2v) is 10.2. The highest BCUT2D eigenvalue weighted by atomic mass is 35.5. The van der Waals surface area contributed by atoms with Gasteiger partial charge in [-0.1, -0.05) is 49.7 Å². The van der Waals surface area contributed by atoms with Gasteiger partial charge in [-0.3, -0.25) is 4.79 Å². The molecule has 0 atom stereocenters. The summed E-state index contributed by atoms with van der Waals surface area (Å²) < 4.78 is 11.4. The third-order valence-corrected chi connectivity index (χ3v) is 6.84. The van der Waals surface area contributed by atoms with E-state index in [2.05, 4.69) is 46.2 Å². The Balaban J connectivity index is 1.32. The first-order valence-corrected chi connectivity index (χ1v) is 12.7. The number of fused-ring (bicyclic) bond motifs is 1. The van der Waals surface area contributed by atoms with Crippen LogP contribution < -0.4 is 15.0 Å². The molecular weight excluding hydrogens is 490 g/mol. The molecule has 3 heterocycles. The molecule has 4 aromatic rings. The molecule has 1 amide bonds. The number of H-pyrrole nitrogens is 1. The number of nitrogens with one attached hydrogen (secondary N) is 2. The minimum absolute atomic E-state index is 0.0419. The van der Waals surface area contributed by atoms with E-state index in [4.69, 9.17) is 26.1 Å². The topological polar surface area (TPSA) is 92.4 Å². The van der Waals surface area contributed by atoms with Crippen LogP contribution in [0.4, 0.5) is 5.69 Å². The molecule has 37 heavy (non-hydrogen) atoms. The molecule has 0 aliphatic carbocycles. The Labute approximate surface area is 221 Å². The van der Waals surface area contributed by atoms with E-state index in [0.717, 1.165) is 43.1 Å². The zero-order chi connectivity index (χ0) is 26.0. The highest BCUT2D eigenvalue weighted by Crippen LogP contribution is 2.32. The van der Waals surface area contributed by atoms with Crippen molar-refractivity contribution < 1.29 is 14.3 Å². The van der Waals surface area contributed by atoms with Crippen LogP contribution in [0.1, 0.15) is 26.3 Å². The number of carbonyl (C=O) groups is 1. The normalized spacial score (nSPS) is 14.1. The molecule has 1 saturated heterocycles. The molecular formula is C28H30ClN5O3. The van der Waals surface area contributed by atoms with E-state index < -0.39 is 0 Å². The maximum atomic E-state index is 11.3. The summed E-state index contributed by atoms with van der Waals surface area (Å²) >= 11 is 6.60. The Bertz CT molecular complexity index is 1390. The second-order valence-electron chi connectivity index (χ2n) is 9.80. The Morgan fingerprint density at radius 3 is 2.49 bits per heavy atom. The summed E-state index contributed by atoms with van der Waals surface area (Å²) in [4.78, 5) is 26.0.